The molecule has 14 heavy (non-hydrogen) atoms. The lowest BCUT2D eigenvalue weighted by molar-refractivity contribution is 0.383. The van der Waals surface area contributed by atoms with E-state index in [-0.39, 0.29) is 0 Å². The van der Waals surface area contributed by atoms with E-state index in [2.05, 4.69) is 54.0 Å². The maximum atomic E-state index is 4.51. The highest BCUT2D eigenvalue weighted by Gasteiger charge is 2.20. The number of nitrogens with zero attached hydrogens (tertiary/aromatic N) is 1. The van der Waals surface area contributed by atoms with Crippen LogP contribution in [0.4, 0.5) is 0 Å². The lowest BCUT2D eigenvalue weighted by Crippen LogP contribution is -2.20. The number of hydrogen-bond acceptors (Lipinski definition) is 2. The Morgan fingerprint density at radius 1 is 1.43 bits per heavy atom. The zero-order valence-corrected chi connectivity index (χ0v) is 11.7. The van der Waals surface area contributed by atoms with Crippen LogP contribution in [0.15, 0.2) is 5.38 Å². The molecule has 80 valence electrons. The molecule has 0 N–H and O–H groups in total. The molecule has 0 aliphatic rings. The lowest BCUT2D eigenvalue weighted by atomic mass is 9.90. The van der Waals surface area contributed by atoms with Gasteiger partial charge in [0.15, 0.2) is 0 Å². The predicted molar refractivity (Wildman–Crippen MR) is 67.3 cm³/mol. The predicted octanol–water partition coefficient (Wildman–Crippen LogP) is 4.05. The van der Waals surface area contributed by atoms with Gasteiger partial charge in [0.25, 0.3) is 0 Å². The van der Waals surface area contributed by atoms with Gasteiger partial charge in [-0.25, -0.2) is 4.98 Å². The van der Waals surface area contributed by atoms with Gasteiger partial charge in [-0.05, 0) is 18.8 Å². The molecule has 0 saturated heterocycles. The van der Waals surface area contributed by atoms with Gasteiger partial charge in [0.2, 0.25) is 0 Å². The number of halogens is 1. The Morgan fingerprint density at radius 3 is 2.43 bits per heavy atom. The van der Waals surface area contributed by atoms with Gasteiger partial charge in [0, 0.05) is 22.3 Å². The molecule has 3 heteroatoms. The first kappa shape index (κ1) is 12.2. The summed E-state index contributed by atoms with van der Waals surface area (Å²) in [6.45, 7) is 8.85. The molecule has 0 aliphatic heterocycles. The molecule has 1 nitrogen and oxygen atoms in total. The fraction of sp³-hybridized carbons (Fsp3) is 0.727. The van der Waals surface area contributed by atoms with Gasteiger partial charge in [-0.15, -0.1) is 11.3 Å². The molecule has 0 bridgehead atoms. The molecule has 0 aromatic carbocycles. The maximum absolute atomic E-state index is 4.51. The minimum Gasteiger partial charge on any atom is -0.247 e. The van der Waals surface area contributed by atoms with Gasteiger partial charge in [-0.3, -0.25) is 0 Å². The van der Waals surface area contributed by atoms with Crippen molar-refractivity contribution >= 4 is 27.3 Å². The second-order valence-electron chi connectivity index (χ2n) is 4.17. The first-order valence-electron chi connectivity index (χ1n) is 5.05. The highest BCUT2D eigenvalue weighted by atomic mass is 79.9. The summed E-state index contributed by atoms with van der Waals surface area (Å²) in [5, 5.41) is 3.40. The Balaban J connectivity index is 2.64. The second kappa shape index (κ2) is 5.26. The first-order chi connectivity index (χ1) is 6.50. The van der Waals surface area contributed by atoms with E-state index in [0.717, 1.165) is 12.1 Å². The smallest absolute Gasteiger partial charge is 0.0931 e. The molecular formula is C11H18BrNS. The van der Waals surface area contributed by atoms with Crippen molar-refractivity contribution in [3.63, 3.8) is 0 Å². The minimum atomic E-state index is 0.562. The van der Waals surface area contributed by atoms with Crippen LogP contribution in [-0.2, 0) is 6.42 Å². The normalized spacial score (nSPS) is 15.9. The van der Waals surface area contributed by atoms with Crippen LogP contribution in [0.1, 0.15) is 31.5 Å². The highest BCUT2D eigenvalue weighted by molar-refractivity contribution is 9.09. The third-order valence-corrected chi connectivity index (χ3v) is 4.19. The van der Waals surface area contributed by atoms with Crippen molar-refractivity contribution < 1.29 is 0 Å². The molecule has 0 saturated carbocycles. The number of alkyl halides is 1. The molecule has 0 amide bonds. The van der Waals surface area contributed by atoms with E-state index in [1.54, 1.807) is 11.3 Å². The molecule has 0 aliphatic carbocycles. The van der Waals surface area contributed by atoms with E-state index in [4.69, 9.17) is 0 Å². The molecule has 0 fully saturated rings. The van der Waals surface area contributed by atoms with Crippen molar-refractivity contribution in [3.05, 3.63) is 16.1 Å². The average Bonchev–Trinajstić information content (AvgIpc) is 2.46. The van der Waals surface area contributed by atoms with E-state index >= 15 is 0 Å². The first-order valence-corrected chi connectivity index (χ1v) is 6.85. The van der Waals surface area contributed by atoms with Gasteiger partial charge in [0.1, 0.15) is 0 Å². The summed E-state index contributed by atoms with van der Waals surface area (Å²) in [4.78, 5) is 5.07. The third-order valence-electron chi connectivity index (χ3n) is 2.52. The Hall–Kier alpha value is 0.110. The molecular weight excluding hydrogens is 258 g/mol. The van der Waals surface area contributed by atoms with Crippen LogP contribution < -0.4 is 0 Å². The molecule has 1 aromatic heterocycles. The van der Waals surface area contributed by atoms with Gasteiger partial charge in [-0.1, -0.05) is 36.7 Å². The zero-order valence-electron chi connectivity index (χ0n) is 9.25. The largest absolute Gasteiger partial charge is 0.247 e. The summed E-state index contributed by atoms with van der Waals surface area (Å²) >= 11 is 5.46. The van der Waals surface area contributed by atoms with E-state index in [1.807, 2.05) is 0 Å². The number of thiazole rings is 1. The number of aryl methyl sites for hydroxylation is 1. The molecule has 1 aromatic rings. The van der Waals surface area contributed by atoms with E-state index in [0.29, 0.717) is 16.7 Å². The van der Waals surface area contributed by atoms with Crippen LogP contribution in [0.5, 0.6) is 0 Å². The Bertz CT molecular complexity index is 273. The molecule has 0 spiro atoms. The van der Waals surface area contributed by atoms with Crippen LogP contribution in [0.25, 0.3) is 0 Å². The summed E-state index contributed by atoms with van der Waals surface area (Å²) in [6.07, 6.45) is 1.10. The van der Waals surface area contributed by atoms with Crippen LogP contribution >= 0.6 is 27.3 Å². The second-order valence-corrected chi connectivity index (χ2v) is 6.56. The van der Waals surface area contributed by atoms with Gasteiger partial charge < -0.3 is 0 Å². The maximum Gasteiger partial charge on any atom is 0.0931 e. The van der Waals surface area contributed by atoms with Gasteiger partial charge in [-0.2, -0.15) is 0 Å². The van der Waals surface area contributed by atoms with Gasteiger partial charge in [0.05, 0.1) is 5.01 Å². The average molecular weight is 276 g/mol. The summed E-state index contributed by atoms with van der Waals surface area (Å²) in [5.74, 6) is 1.38. The van der Waals surface area contributed by atoms with Crippen molar-refractivity contribution in [3.8, 4) is 0 Å². The number of aromatic nitrogens is 1. The van der Waals surface area contributed by atoms with E-state index in [9.17, 15) is 0 Å². The monoisotopic (exact) mass is 275 g/mol. The minimum absolute atomic E-state index is 0.562. The zero-order chi connectivity index (χ0) is 10.7. The summed E-state index contributed by atoms with van der Waals surface area (Å²) in [5.41, 5.74) is 1.15. The lowest BCUT2D eigenvalue weighted by Gasteiger charge is -2.22. The molecule has 1 heterocycles. The Labute approximate surface area is 99.1 Å². The molecule has 1 rings (SSSR count). The molecule has 0 radical (unpaired) electrons. The standard InChI is InChI=1S/C11H18BrNS/c1-7(2)10(9(4)12)5-11-13-8(3)6-14-11/h6-7,9-10H,5H2,1-4H3. The van der Waals surface area contributed by atoms with E-state index in [1.165, 1.54) is 5.01 Å². The van der Waals surface area contributed by atoms with Gasteiger partial charge >= 0.3 is 0 Å². The fourth-order valence-corrected chi connectivity index (χ4v) is 3.27. The van der Waals surface area contributed by atoms with E-state index < -0.39 is 0 Å². The topological polar surface area (TPSA) is 12.9 Å². The highest BCUT2D eigenvalue weighted by Crippen LogP contribution is 2.26. The molecule has 2 atom stereocenters. The fourth-order valence-electron chi connectivity index (χ4n) is 1.63. The van der Waals surface area contributed by atoms with Crippen LogP contribution in [0, 0.1) is 18.8 Å². The van der Waals surface area contributed by atoms with Crippen LogP contribution in [-0.4, -0.2) is 9.81 Å². The van der Waals surface area contributed by atoms with Crippen molar-refractivity contribution in [1.82, 2.24) is 4.98 Å². The number of hydrogen-bond donors (Lipinski definition) is 0. The van der Waals surface area contributed by atoms with Crippen LogP contribution in [0.3, 0.4) is 0 Å². The summed E-state index contributed by atoms with van der Waals surface area (Å²) < 4.78 is 0. The Morgan fingerprint density at radius 2 is 2.07 bits per heavy atom. The van der Waals surface area contributed by atoms with Crippen LogP contribution in [0.2, 0.25) is 0 Å². The van der Waals surface area contributed by atoms with Crippen molar-refractivity contribution in [2.45, 2.75) is 38.9 Å². The summed E-state index contributed by atoms with van der Waals surface area (Å²) in [6, 6.07) is 0. The number of rotatable bonds is 4. The van der Waals surface area contributed by atoms with Crippen molar-refractivity contribution in [1.29, 1.82) is 0 Å². The van der Waals surface area contributed by atoms with Crippen molar-refractivity contribution in [2.24, 2.45) is 11.8 Å². The molecule has 2 unspecified atom stereocenters. The quantitative estimate of drug-likeness (QED) is 0.756. The SMILES string of the molecule is Cc1csc(CC(C(C)C)C(C)Br)n1. The third kappa shape index (κ3) is 3.35. The Kier molecular flexibility index (Phi) is 4.58. The summed E-state index contributed by atoms with van der Waals surface area (Å²) in [7, 11) is 0. The van der Waals surface area contributed by atoms with Crippen molar-refractivity contribution in [2.75, 3.05) is 0 Å².